The molecular weight excluding hydrogens is 340 g/mol. The van der Waals surface area contributed by atoms with E-state index in [9.17, 15) is 8.78 Å². The van der Waals surface area contributed by atoms with Gasteiger partial charge in [0, 0.05) is 13.2 Å². The zero-order valence-corrected chi connectivity index (χ0v) is 14.2. The molecule has 3 heterocycles. The van der Waals surface area contributed by atoms with E-state index in [1.165, 1.54) is 12.1 Å². The molecule has 8 heteroatoms. The number of halogens is 2. The lowest BCUT2D eigenvalue weighted by atomic mass is 10.2. The predicted molar refractivity (Wildman–Crippen MR) is 92.5 cm³/mol. The molecule has 1 aliphatic heterocycles. The molecule has 26 heavy (non-hydrogen) atoms. The summed E-state index contributed by atoms with van der Waals surface area (Å²) in [6.07, 6.45) is 4.59. The SMILES string of the molecule is Fc1cccc(CNc2nc(F)nc3c2ncn3C2CCCCCO2)c1. The molecule has 0 spiro atoms. The molecule has 1 fully saturated rings. The molecule has 0 aliphatic carbocycles. The van der Waals surface area contributed by atoms with Gasteiger partial charge in [0.1, 0.15) is 12.0 Å². The first-order valence-electron chi connectivity index (χ1n) is 8.71. The molecule has 0 amide bonds. The molecule has 0 radical (unpaired) electrons. The third-order valence-electron chi connectivity index (χ3n) is 4.46. The third-order valence-corrected chi connectivity index (χ3v) is 4.46. The van der Waals surface area contributed by atoms with Crippen molar-refractivity contribution < 1.29 is 13.5 Å². The van der Waals surface area contributed by atoms with Crippen LogP contribution < -0.4 is 5.32 Å². The predicted octanol–water partition coefficient (Wildman–Crippen LogP) is 3.81. The van der Waals surface area contributed by atoms with Gasteiger partial charge in [0.15, 0.2) is 17.0 Å². The highest BCUT2D eigenvalue weighted by Gasteiger charge is 2.20. The molecule has 1 aliphatic rings. The van der Waals surface area contributed by atoms with Crippen LogP contribution in [0.15, 0.2) is 30.6 Å². The van der Waals surface area contributed by atoms with Gasteiger partial charge in [0.2, 0.25) is 0 Å². The lowest BCUT2D eigenvalue weighted by Crippen LogP contribution is -2.12. The van der Waals surface area contributed by atoms with Crippen LogP contribution in [0.5, 0.6) is 0 Å². The number of anilines is 1. The lowest BCUT2D eigenvalue weighted by Gasteiger charge is -2.16. The van der Waals surface area contributed by atoms with Crippen molar-refractivity contribution >= 4 is 17.0 Å². The van der Waals surface area contributed by atoms with Crippen molar-refractivity contribution in [2.24, 2.45) is 0 Å². The Hall–Kier alpha value is -2.61. The zero-order valence-electron chi connectivity index (χ0n) is 14.2. The molecule has 136 valence electrons. The fourth-order valence-electron chi connectivity index (χ4n) is 3.18. The molecule has 0 saturated carbocycles. The average molecular weight is 359 g/mol. The second kappa shape index (κ2) is 7.33. The molecule has 1 atom stereocenters. The van der Waals surface area contributed by atoms with Crippen LogP contribution in [-0.4, -0.2) is 26.1 Å². The monoisotopic (exact) mass is 359 g/mol. The van der Waals surface area contributed by atoms with E-state index in [1.807, 2.05) is 0 Å². The number of aromatic nitrogens is 4. The topological polar surface area (TPSA) is 64.9 Å². The number of imidazole rings is 1. The van der Waals surface area contributed by atoms with E-state index < -0.39 is 6.08 Å². The fraction of sp³-hybridized carbons (Fsp3) is 0.389. The summed E-state index contributed by atoms with van der Waals surface area (Å²) >= 11 is 0. The quantitative estimate of drug-likeness (QED) is 0.718. The summed E-state index contributed by atoms with van der Waals surface area (Å²) in [5.41, 5.74) is 1.59. The van der Waals surface area contributed by atoms with Gasteiger partial charge in [-0.2, -0.15) is 14.4 Å². The molecule has 1 aromatic carbocycles. The molecule has 6 nitrogen and oxygen atoms in total. The van der Waals surface area contributed by atoms with E-state index >= 15 is 0 Å². The van der Waals surface area contributed by atoms with Crippen molar-refractivity contribution in [1.29, 1.82) is 0 Å². The van der Waals surface area contributed by atoms with E-state index in [0.29, 0.717) is 24.3 Å². The molecule has 1 unspecified atom stereocenters. The number of nitrogens with one attached hydrogen (secondary N) is 1. The van der Waals surface area contributed by atoms with Gasteiger partial charge in [-0.05, 0) is 37.0 Å². The van der Waals surface area contributed by atoms with Crippen LogP contribution in [0.4, 0.5) is 14.6 Å². The highest BCUT2D eigenvalue weighted by molar-refractivity contribution is 5.82. The number of ether oxygens (including phenoxy) is 1. The van der Waals surface area contributed by atoms with E-state index in [4.69, 9.17) is 4.74 Å². The van der Waals surface area contributed by atoms with Crippen molar-refractivity contribution in [1.82, 2.24) is 19.5 Å². The fourth-order valence-corrected chi connectivity index (χ4v) is 3.18. The first-order chi connectivity index (χ1) is 12.7. The van der Waals surface area contributed by atoms with Crippen molar-refractivity contribution in [3.63, 3.8) is 0 Å². The highest BCUT2D eigenvalue weighted by Crippen LogP contribution is 2.27. The van der Waals surface area contributed by atoms with E-state index in [1.54, 1.807) is 23.0 Å². The van der Waals surface area contributed by atoms with Gasteiger partial charge in [-0.15, -0.1) is 0 Å². The Bertz CT molecular complexity index is 906. The number of rotatable bonds is 4. The van der Waals surface area contributed by atoms with Crippen LogP contribution in [0.1, 0.15) is 37.5 Å². The first-order valence-corrected chi connectivity index (χ1v) is 8.71. The minimum absolute atomic E-state index is 0.201. The largest absolute Gasteiger partial charge is 0.364 e. The normalized spacial score (nSPS) is 18.0. The maximum absolute atomic E-state index is 14.0. The van der Waals surface area contributed by atoms with Crippen molar-refractivity contribution in [3.05, 3.63) is 48.1 Å². The van der Waals surface area contributed by atoms with E-state index in [2.05, 4.69) is 20.3 Å². The Morgan fingerprint density at radius 1 is 1.19 bits per heavy atom. The second-order valence-corrected chi connectivity index (χ2v) is 6.32. The van der Waals surface area contributed by atoms with Crippen LogP contribution in [0.2, 0.25) is 0 Å². The number of nitrogens with zero attached hydrogens (tertiary/aromatic N) is 4. The summed E-state index contributed by atoms with van der Waals surface area (Å²) in [5, 5.41) is 3.03. The van der Waals surface area contributed by atoms with Gasteiger partial charge in [0.25, 0.3) is 0 Å². The first kappa shape index (κ1) is 16.8. The molecular formula is C18H19F2N5O. The summed E-state index contributed by atoms with van der Waals surface area (Å²) in [6.45, 7) is 0.971. The molecule has 4 rings (SSSR count). The van der Waals surface area contributed by atoms with Gasteiger partial charge < -0.3 is 10.1 Å². The van der Waals surface area contributed by atoms with Crippen molar-refractivity contribution in [2.45, 2.75) is 38.5 Å². The number of hydrogen-bond donors (Lipinski definition) is 1. The zero-order chi connectivity index (χ0) is 17.9. The summed E-state index contributed by atoms with van der Waals surface area (Å²) in [5.74, 6) is -0.0396. The Kier molecular flexibility index (Phi) is 4.75. The van der Waals surface area contributed by atoms with E-state index in [0.717, 1.165) is 31.2 Å². The third kappa shape index (κ3) is 3.50. The van der Waals surface area contributed by atoms with Crippen LogP contribution in [0.3, 0.4) is 0 Å². The average Bonchev–Trinajstić information content (AvgIpc) is 2.87. The van der Waals surface area contributed by atoms with Crippen LogP contribution in [-0.2, 0) is 11.3 Å². The van der Waals surface area contributed by atoms with E-state index in [-0.39, 0.29) is 17.9 Å². The van der Waals surface area contributed by atoms with Gasteiger partial charge in [-0.25, -0.2) is 9.37 Å². The van der Waals surface area contributed by atoms with Crippen LogP contribution >= 0.6 is 0 Å². The minimum atomic E-state index is -0.838. The Balaban J connectivity index is 1.63. The second-order valence-electron chi connectivity index (χ2n) is 6.32. The van der Waals surface area contributed by atoms with Gasteiger partial charge in [0.05, 0.1) is 6.33 Å². The van der Waals surface area contributed by atoms with Gasteiger partial charge in [-0.1, -0.05) is 18.6 Å². The molecule has 3 aromatic rings. The Morgan fingerprint density at radius 2 is 2.12 bits per heavy atom. The van der Waals surface area contributed by atoms with Gasteiger partial charge in [-0.3, -0.25) is 4.57 Å². The summed E-state index contributed by atoms with van der Waals surface area (Å²) in [4.78, 5) is 12.1. The molecule has 1 saturated heterocycles. The number of benzene rings is 1. The Morgan fingerprint density at radius 3 is 3.00 bits per heavy atom. The lowest BCUT2D eigenvalue weighted by molar-refractivity contribution is 0.00928. The molecule has 2 aromatic heterocycles. The summed E-state index contributed by atoms with van der Waals surface area (Å²) < 4.78 is 34.9. The van der Waals surface area contributed by atoms with Crippen LogP contribution in [0.25, 0.3) is 11.2 Å². The number of hydrogen-bond acceptors (Lipinski definition) is 5. The maximum Gasteiger partial charge on any atom is 0.312 e. The standard InChI is InChI=1S/C18H19F2N5O/c19-13-6-4-5-12(9-13)10-21-16-15-17(24-18(20)23-16)25(11-22-15)14-7-2-1-3-8-26-14/h4-6,9,11,14H,1-3,7-8,10H2,(H,21,23,24). The van der Waals surface area contributed by atoms with Crippen LogP contribution in [0, 0.1) is 11.9 Å². The smallest absolute Gasteiger partial charge is 0.312 e. The molecule has 1 N–H and O–H groups in total. The van der Waals surface area contributed by atoms with Gasteiger partial charge >= 0.3 is 6.08 Å². The van der Waals surface area contributed by atoms with Crippen molar-refractivity contribution in [3.8, 4) is 0 Å². The summed E-state index contributed by atoms with van der Waals surface area (Å²) in [7, 11) is 0. The van der Waals surface area contributed by atoms with Crippen molar-refractivity contribution in [2.75, 3.05) is 11.9 Å². The number of fused-ring (bicyclic) bond motifs is 1. The summed E-state index contributed by atoms with van der Waals surface area (Å²) in [6, 6.07) is 6.20. The maximum atomic E-state index is 14.0. The molecule has 0 bridgehead atoms. The highest BCUT2D eigenvalue weighted by atomic mass is 19.1. The Labute approximate surface area is 149 Å². The minimum Gasteiger partial charge on any atom is -0.364 e.